The van der Waals surface area contributed by atoms with Gasteiger partial charge in [0.1, 0.15) is 5.83 Å². The number of fused-ring (bicyclic) bond motifs is 2. The summed E-state index contributed by atoms with van der Waals surface area (Å²) in [5.74, 6) is 5.73. The number of allylic oxidation sites excluding steroid dienone is 4. The van der Waals surface area contributed by atoms with E-state index in [-0.39, 0.29) is 5.83 Å². The highest BCUT2D eigenvalue weighted by atomic mass is 19.1. The fraction of sp³-hybridized carbons (Fsp3) is 0.368. The maximum Gasteiger partial charge on any atom is 0.139 e. The molecule has 3 aliphatic rings. The molecule has 1 saturated heterocycles. The molecule has 2 N–H and O–H groups in total. The van der Waals surface area contributed by atoms with Crippen LogP contribution < -0.4 is 10.6 Å². The number of rotatable bonds is 1. The Morgan fingerprint density at radius 2 is 2.22 bits per heavy atom. The average molecular weight is 309 g/mol. The van der Waals surface area contributed by atoms with Gasteiger partial charge in [-0.15, -0.1) is 0 Å². The fourth-order valence-corrected chi connectivity index (χ4v) is 3.43. The van der Waals surface area contributed by atoms with Gasteiger partial charge in [0.05, 0.1) is 5.57 Å². The molecule has 1 aliphatic carbocycles. The lowest BCUT2D eigenvalue weighted by atomic mass is 10.0. The molecule has 1 unspecified atom stereocenters. The Kier molecular flexibility index (Phi) is 3.90. The second kappa shape index (κ2) is 6.19. The Labute approximate surface area is 136 Å². The van der Waals surface area contributed by atoms with Gasteiger partial charge in [-0.1, -0.05) is 24.0 Å². The first kappa shape index (κ1) is 14.5. The van der Waals surface area contributed by atoms with E-state index in [2.05, 4.69) is 39.5 Å². The number of halogens is 1. The Morgan fingerprint density at radius 3 is 3.17 bits per heavy atom. The van der Waals surface area contributed by atoms with Crippen LogP contribution in [0.25, 0.3) is 5.57 Å². The fourth-order valence-electron chi connectivity index (χ4n) is 3.43. The molecule has 0 spiro atoms. The molecule has 1 atom stereocenters. The van der Waals surface area contributed by atoms with Crippen molar-refractivity contribution in [2.45, 2.75) is 19.0 Å². The summed E-state index contributed by atoms with van der Waals surface area (Å²) in [6.45, 7) is 4.95. The van der Waals surface area contributed by atoms with Gasteiger partial charge in [0.15, 0.2) is 0 Å². The molecule has 4 rings (SSSR count). The van der Waals surface area contributed by atoms with Crippen molar-refractivity contribution in [3.63, 3.8) is 0 Å². The van der Waals surface area contributed by atoms with Crippen LogP contribution in [0.4, 0.5) is 10.1 Å². The van der Waals surface area contributed by atoms with Crippen molar-refractivity contribution >= 4 is 11.3 Å². The van der Waals surface area contributed by atoms with Crippen molar-refractivity contribution in [3.8, 4) is 11.8 Å². The lowest BCUT2D eigenvalue weighted by Gasteiger charge is -2.34. The zero-order chi connectivity index (χ0) is 15.6. The number of nitrogens with one attached hydrogen (secondary N) is 2. The number of piperazine rings is 1. The minimum absolute atomic E-state index is 0.239. The van der Waals surface area contributed by atoms with Gasteiger partial charge in [0.2, 0.25) is 0 Å². The summed E-state index contributed by atoms with van der Waals surface area (Å²) in [4.78, 5) is 2.50. The van der Waals surface area contributed by atoms with Crippen LogP contribution >= 0.6 is 0 Å². The van der Waals surface area contributed by atoms with Crippen LogP contribution in [-0.2, 0) is 6.54 Å². The summed E-state index contributed by atoms with van der Waals surface area (Å²) >= 11 is 0. The molecular formula is C19H20FN3. The van der Waals surface area contributed by atoms with Gasteiger partial charge in [-0.2, -0.15) is 0 Å². The van der Waals surface area contributed by atoms with Gasteiger partial charge < -0.3 is 10.6 Å². The van der Waals surface area contributed by atoms with E-state index in [9.17, 15) is 4.39 Å². The van der Waals surface area contributed by atoms with Crippen molar-refractivity contribution in [1.82, 2.24) is 10.2 Å². The molecule has 23 heavy (non-hydrogen) atoms. The second-order valence-corrected chi connectivity index (χ2v) is 6.21. The van der Waals surface area contributed by atoms with E-state index in [1.807, 2.05) is 6.07 Å². The lowest BCUT2D eigenvalue weighted by molar-refractivity contribution is 0.165. The van der Waals surface area contributed by atoms with Crippen LogP contribution in [0.3, 0.4) is 0 Å². The Morgan fingerprint density at radius 1 is 1.26 bits per heavy atom. The van der Waals surface area contributed by atoms with E-state index in [1.165, 1.54) is 11.6 Å². The average Bonchev–Trinajstić information content (AvgIpc) is 2.89. The minimum atomic E-state index is -0.239. The first-order valence-corrected chi connectivity index (χ1v) is 8.18. The summed E-state index contributed by atoms with van der Waals surface area (Å²) in [6.07, 6.45) is 3.89. The zero-order valence-corrected chi connectivity index (χ0v) is 13.0. The highest BCUT2D eigenvalue weighted by Gasteiger charge is 2.26. The highest BCUT2D eigenvalue weighted by Crippen LogP contribution is 2.29. The van der Waals surface area contributed by atoms with Gasteiger partial charge in [0.25, 0.3) is 0 Å². The predicted molar refractivity (Wildman–Crippen MR) is 91.6 cm³/mol. The van der Waals surface area contributed by atoms with Gasteiger partial charge in [0, 0.05) is 50.9 Å². The van der Waals surface area contributed by atoms with Crippen LogP contribution in [0.15, 0.2) is 36.2 Å². The van der Waals surface area contributed by atoms with E-state index in [0.717, 1.165) is 44.0 Å². The van der Waals surface area contributed by atoms with Crippen molar-refractivity contribution in [1.29, 1.82) is 0 Å². The molecule has 1 aromatic carbocycles. The summed E-state index contributed by atoms with van der Waals surface area (Å²) in [5.41, 5.74) is 3.75. The van der Waals surface area contributed by atoms with Crippen LogP contribution in [0.2, 0.25) is 0 Å². The first-order chi connectivity index (χ1) is 11.3. The smallest absolute Gasteiger partial charge is 0.139 e. The number of nitrogens with zero attached hydrogens (tertiary/aromatic N) is 1. The number of anilines is 1. The summed E-state index contributed by atoms with van der Waals surface area (Å²) < 4.78 is 14.2. The van der Waals surface area contributed by atoms with Gasteiger partial charge >= 0.3 is 0 Å². The molecule has 118 valence electrons. The van der Waals surface area contributed by atoms with Crippen LogP contribution in [-0.4, -0.2) is 37.1 Å². The van der Waals surface area contributed by atoms with Crippen molar-refractivity contribution in [2.24, 2.45) is 0 Å². The van der Waals surface area contributed by atoms with E-state index in [1.54, 1.807) is 6.08 Å². The first-order valence-electron chi connectivity index (χ1n) is 8.18. The molecule has 1 aromatic rings. The molecule has 1 fully saturated rings. The monoisotopic (exact) mass is 309 g/mol. The number of hydrogen-bond acceptors (Lipinski definition) is 3. The third-order valence-electron chi connectivity index (χ3n) is 4.70. The lowest BCUT2D eigenvalue weighted by Crippen LogP contribution is -2.52. The van der Waals surface area contributed by atoms with Gasteiger partial charge in [-0.05, 0) is 29.3 Å². The SMILES string of the molecule is FC1=C(c2ccc3c(c2)CN2CCNCC2CN3)C#CCC=C1. The van der Waals surface area contributed by atoms with E-state index in [4.69, 9.17) is 0 Å². The molecule has 2 aliphatic heterocycles. The quantitative estimate of drug-likeness (QED) is 0.781. The summed E-state index contributed by atoms with van der Waals surface area (Å²) in [5, 5.41) is 6.99. The third kappa shape index (κ3) is 2.90. The third-order valence-corrected chi connectivity index (χ3v) is 4.70. The molecule has 0 radical (unpaired) electrons. The summed E-state index contributed by atoms with van der Waals surface area (Å²) in [7, 11) is 0. The molecule has 3 nitrogen and oxygen atoms in total. The molecule has 0 aromatic heterocycles. The maximum absolute atomic E-state index is 14.2. The Hall–Kier alpha value is -2.09. The topological polar surface area (TPSA) is 27.3 Å². The number of hydrogen-bond donors (Lipinski definition) is 2. The van der Waals surface area contributed by atoms with Gasteiger partial charge in [-0.25, -0.2) is 4.39 Å². The van der Waals surface area contributed by atoms with Crippen LogP contribution in [0.1, 0.15) is 17.5 Å². The zero-order valence-electron chi connectivity index (χ0n) is 13.0. The molecule has 0 amide bonds. The minimum Gasteiger partial charge on any atom is -0.383 e. The molecule has 2 heterocycles. The normalized spacial score (nSPS) is 23.8. The van der Waals surface area contributed by atoms with Gasteiger partial charge in [-0.3, -0.25) is 4.90 Å². The van der Waals surface area contributed by atoms with E-state index >= 15 is 0 Å². The Balaban J connectivity index is 1.69. The molecule has 4 heteroatoms. The number of benzene rings is 1. The second-order valence-electron chi connectivity index (χ2n) is 6.21. The standard InChI is InChI=1S/C19H20FN3/c20-18-5-3-1-2-4-17(18)14-6-7-19-15(10-14)13-23-9-8-21-11-16(23)12-22-19/h3,5-7,10,16,21-22H,1,8-9,11-13H2. The molecule has 0 saturated carbocycles. The van der Waals surface area contributed by atoms with E-state index < -0.39 is 0 Å². The van der Waals surface area contributed by atoms with Crippen molar-refractivity contribution in [2.75, 3.05) is 31.5 Å². The highest BCUT2D eigenvalue weighted by molar-refractivity contribution is 5.83. The van der Waals surface area contributed by atoms with Crippen LogP contribution in [0, 0.1) is 11.8 Å². The Bertz CT molecular complexity index is 739. The van der Waals surface area contributed by atoms with Crippen LogP contribution in [0.5, 0.6) is 0 Å². The predicted octanol–water partition coefficient (Wildman–Crippen LogP) is 2.53. The van der Waals surface area contributed by atoms with E-state index in [0.29, 0.717) is 18.0 Å². The van der Waals surface area contributed by atoms with Crippen molar-refractivity contribution in [3.05, 3.63) is 47.3 Å². The largest absolute Gasteiger partial charge is 0.383 e. The molecule has 0 bridgehead atoms. The molecular weight excluding hydrogens is 289 g/mol. The summed E-state index contributed by atoms with van der Waals surface area (Å²) in [6, 6.07) is 6.64. The maximum atomic E-state index is 14.2. The van der Waals surface area contributed by atoms with Crippen molar-refractivity contribution < 1.29 is 4.39 Å².